The first kappa shape index (κ1) is 21.5. The number of hydrogen-bond donors (Lipinski definition) is 0. The number of ketones is 2. The standard InChI is InChI=1S/C24H24Cl2O4/c1-3-14-5-6-15(16-7-8-18(25)19(26)12-16)11-17(14)21-22(27)20-9-10-24(30-20,23(21)28)13-29-4-2/h5-8,11-12,20-21H,3-4,9-10,13H2,1-2H3/t20-,21?,24-/m0/s1. The molecule has 0 spiro atoms. The number of rotatable bonds is 6. The molecule has 2 aromatic rings. The third-order valence-corrected chi connectivity index (χ3v) is 6.86. The van der Waals surface area contributed by atoms with Gasteiger partial charge < -0.3 is 9.47 Å². The molecule has 2 aliphatic heterocycles. The van der Waals surface area contributed by atoms with Crippen LogP contribution in [0.4, 0.5) is 0 Å². The number of carbonyl (C=O) groups excluding carboxylic acids is 2. The third-order valence-electron chi connectivity index (χ3n) is 6.12. The number of fused-ring (bicyclic) bond motifs is 2. The molecule has 2 fully saturated rings. The minimum absolute atomic E-state index is 0.148. The van der Waals surface area contributed by atoms with Crippen molar-refractivity contribution in [1.82, 2.24) is 0 Å². The molecule has 1 unspecified atom stereocenters. The van der Waals surface area contributed by atoms with E-state index in [2.05, 4.69) is 0 Å². The van der Waals surface area contributed by atoms with Gasteiger partial charge >= 0.3 is 0 Å². The van der Waals surface area contributed by atoms with E-state index in [0.29, 0.717) is 29.5 Å². The average molecular weight is 447 g/mol. The normalized spacial score (nSPS) is 25.7. The quantitative estimate of drug-likeness (QED) is 0.556. The number of Topliss-reactive ketones (excluding diaryl/α,β-unsaturated/α-hetero) is 2. The molecule has 0 saturated carbocycles. The van der Waals surface area contributed by atoms with Crippen molar-refractivity contribution in [3.05, 3.63) is 57.6 Å². The highest BCUT2D eigenvalue weighted by Gasteiger charge is 2.58. The molecular formula is C24H24Cl2O4. The molecule has 2 aromatic carbocycles. The second-order valence-electron chi connectivity index (χ2n) is 7.87. The number of aryl methyl sites for hydroxylation is 1. The van der Waals surface area contributed by atoms with E-state index in [1.165, 1.54) is 0 Å². The maximum atomic E-state index is 13.6. The number of ether oxygens (including phenoxy) is 2. The molecule has 0 radical (unpaired) electrons. The summed E-state index contributed by atoms with van der Waals surface area (Å²) in [5.74, 6) is -1.16. The third kappa shape index (κ3) is 3.60. The van der Waals surface area contributed by atoms with Crippen molar-refractivity contribution in [2.75, 3.05) is 13.2 Å². The van der Waals surface area contributed by atoms with Gasteiger partial charge in [0.05, 0.1) is 16.7 Å². The van der Waals surface area contributed by atoms with Crippen molar-refractivity contribution in [2.45, 2.75) is 50.7 Å². The van der Waals surface area contributed by atoms with Crippen LogP contribution in [-0.2, 0) is 25.5 Å². The zero-order chi connectivity index (χ0) is 21.5. The van der Waals surface area contributed by atoms with Gasteiger partial charge in [-0.2, -0.15) is 0 Å². The largest absolute Gasteiger partial charge is 0.378 e. The molecule has 6 heteroatoms. The Morgan fingerprint density at radius 3 is 2.50 bits per heavy atom. The van der Waals surface area contributed by atoms with Gasteiger partial charge in [-0.1, -0.05) is 48.3 Å². The molecule has 0 aromatic heterocycles. The molecule has 4 nitrogen and oxygen atoms in total. The average Bonchev–Trinajstić information content (AvgIpc) is 3.16. The first-order valence-corrected chi connectivity index (χ1v) is 11.1. The van der Waals surface area contributed by atoms with E-state index >= 15 is 0 Å². The zero-order valence-electron chi connectivity index (χ0n) is 17.0. The van der Waals surface area contributed by atoms with Crippen LogP contribution in [0.15, 0.2) is 36.4 Å². The minimum Gasteiger partial charge on any atom is -0.378 e. The Hall–Kier alpha value is -1.72. The van der Waals surface area contributed by atoms with Gasteiger partial charge in [0, 0.05) is 6.61 Å². The highest BCUT2D eigenvalue weighted by atomic mass is 35.5. The van der Waals surface area contributed by atoms with Crippen LogP contribution in [0, 0.1) is 0 Å². The summed E-state index contributed by atoms with van der Waals surface area (Å²) in [5.41, 5.74) is 2.49. The van der Waals surface area contributed by atoms with Crippen molar-refractivity contribution in [3.8, 4) is 11.1 Å². The monoisotopic (exact) mass is 446 g/mol. The van der Waals surface area contributed by atoms with Crippen molar-refractivity contribution < 1.29 is 19.1 Å². The fourth-order valence-corrected chi connectivity index (χ4v) is 4.79. The van der Waals surface area contributed by atoms with E-state index in [1.54, 1.807) is 12.1 Å². The predicted octanol–water partition coefficient (Wildman–Crippen LogP) is 5.41. The van der Waals surface area contributed by atoms with Gasteiger partial charge in [0.25, 0.3) is 0 Å². The first-order chi connectivity index (χ1) is 14.4. The van der Waals surface area contributed by atoms with Gasteiger partial charge in [-0.3, -0.25) is 9.59 Å². The minimum atomic E-state index is -1.02. The molecule has 2 heterocycles. The van der Waals surface area contributed by atoms with E-state index in [9.17, 15) is 9.59 Å². The van der Waals surface area contributed by atoms with Gasteiger partial charge in [0.15, 0.2) is 17.2 Å². The Balaban J connectivity index is 1.79. The van der Waals surface area contributed by atoms with Crippen LogP contribution in [0.25, 0.3) is 11.1 Å². The molecular weight excluding hydrogens is 423 g/mol. The van der Waals surface area contributed by atoms with Crippen LogP contribution in [0.3, 0.4) is 0 Å². The molecule has 0 amide bonds. The number of benzene rings is 2. The molecule has 2 aliphatic rings. The Bertz CT molecular complexity index is 1000. The maximum Gasteiger partial charge on any atom is 0.181 e. The van der Waals surface area contributed by atoms with Crippen LogP contribution in [0.5, 0.6) is 0 Å². The van der Waals surface area contributed by atoms with Gasteiger partial charge in [0.2, 0.25) is 0 Å². The van der Waals surface area contributed by atoms with Gasteiger partial charge in [-0.15, -0.1) is 0 Å². The Kier molecular flexibility index (Phi) is 6.04. The molecule has 30 heavy (non-hydrogen) atoms. The van der Waals surface area contributed by atoms with Crippen molar-refractivity contribution in [3.63, 3.8) is 0 Å². The summed E-state index contributed by atoms with van der Waals surface area (Å²) in [7, 11) is 0. The molecule has 3 atom stereocenters. The Morgan fingerprint density at radius 1 is 1.07 bits per heavy atom. The van der Waals surface area contributed by atoms with Crippen LogP contribution in [0.2, 0.25) is 10.0 Å². The zero-order valence-corrected chi connectivity index (χ0v) is 18.6. The summed E-state index contributed by atoms with van der Waals surface area (Å²) in [4.78, 5) is 26.8. The summed E-state index contributed by atoms with van der Waals surface area (Å²) < 4.78 is 11.5. The lowest BCUT2D eigenvalue weighted by molar-refractivity contribution is -0.170. The molecule has 2 saturated heterocycles. The van der Waals surface area contributed by atoms with Crippen LogP contribution >= 0.6 is 23.2 Å². The van der Waals surface area contributed by atoms with E-state index in [-0.39, 0.29) is 18.2 Å². The summed E-state index contributed by atoms with van der Waals surface area (Å²) in [5, 5.41) is 0.942. The van der Waals surface area contributed by atoms with E-state index < -0.39 is 17.6 Å². The van der Waals surface area contributed by atoms with Crippen LogP contribution in [0.1, 0.15) is 43.7 Å². The lowest BCUT2D eigenvalue weighted by atomic mass is 9.78. The van der Waals surface area contributed by atoms with E-state index in [1.807, 2.05) is 38.1 Å². The summed E-state index contributed by atoms with van der Waals surface area (Å²) in [6, 6.07) is 11.3. The highest BCUT2D eigenvalue weighted by molar-refractivity contribution is 6.42. The van der Waals surface area contributed by atoms with Gasteiger partial charge in [-0.05, 0) is 66.6 Å². The van der Waals surface area contributed by atoms with Crippen molar-refractivity contribution >= 4 is 34.8 Å². The number of halogens is 2. The molecule has 0 aliphatic carbocycles. The van der Waals surface area contributed by atoms with Crippen molar-refractivity contribution in [1.29, 1.82) is 0 Å². The van der Waals surface area contributed by atoms with E-state index in [4.69, 9.17) is 32.7 Å². The van der Waals surface area contributed by atoms with Crippen molar-refractivity contribution in [2.24, 2.45) is 0 Å². The topological polar surface area (TPSA) is 52.6 Å². The fraction of sp³-hybridized carbons (Fsp3) is 0.417. The summed E-state index contributed by atoms with van der Waals surface area (Å²) in [6.07, 6.45) is 1.25. The molecule has 4 rings (SSSR count). The number of hydrogen-bond acceptors (Lipinski definition) is 4. The SMILES string of the molecule is CCOC[C@]12CC[C@H](O1)C(=O)C(c1cc(-c3ccc(Cl)c(Cl)c3)ccc1CC)C2=O. The summed E-state index contributed by atoms with van der Waals surface area (Å²) >= 11 is 12.3. The van der Waals surface area contributed by atoms with Crippen LogP contribution in [-0.4, -0.2) is 36.5 Å². The summed E-state index contributed by atoms with van der Waals surface area (Å²) in [6.45, 7) is 4.59. The van der Waals surface area contributed by atoms with Gasteiger partial charge in [-0.25, -0.2) is 0 Å². The second-order valence-corrected chi connectivity index (χ2v) is 8.69. The molecule has 0 N–H and O–H groups in total. The Labute approximate surface area is 186 Å². The highest BCUT2D eigenvalue weighted by Crippen LogP contribution is 2.45. The number of carbonyl (C=O) groups is 2. The van der Waals surface area contributed by atoms with Gasteiger partial charge in [0.1, 0.15) is 12.0 Å². The van der Waals surface area contributed by atoms with E-state index in [0.717, 1.165) is 28.7 Å². The maximum absolute atomic E-state index is 13.6. The smallest absolute Gasteiger partial charge is 0.181 e. The predicted molar refractivity (Wildman–Crippen MR) is 117 cm³/mol. The van der Waals surface area contributed by atoms with Crippen LogP contribution < -0.4 is 0 Å². The Morgan fingerprint density at radius 2 is 1.80 bits per heavy atom. The first-order valence-electron chi connectivity index (χ1n) is 10.3. The molecule has 2 bridgehead atoms. The second kappa shape index (κ2) is 8.43. The lowest BCUT2D eigenvalue weighted by Crippen LogP contribution is -2.53. The fourth-order valence-electron chi connectivity index (χ4n) is 4.49. The molecule has 158 valence electrons. The lowest BCUT2D eigenvalue weighted by Gasteiger charge is -2.36.